The van der Waals surface area contributed by atoms with Crippen molar-refractivity contribution < 1.29 is 28.5 Å². The second-order valence-electron chi connectivity index (χ2n) is 6.93. The van der Waals surface area contributed by atoms with Crippen LogP contribution in [0.3, 0.4) is 0 Å². The summed E-state index contributed by atoms with van der Waals surface area (Å²) in [6.45, 7) is 0.533. The van der Waals surface area contributed by atoms with Crippen LogP contribution < -0.4 is 9.47 Å². The van der Waals surface area contributed by atoms with Crippen molar-refractivity contribution in [2.24, 2.45) is 0 Å². The summed E-state index contributed by atoms with van der Waals surface area (Å²) in [7, 11) is 3.22. The molecule has 0 aliphatic heterocycles. The van der Waals surface area contributed by atoms with Gasteiger partial charge in [-0.1, -0.05) is 37.1 Å². The Bertz CT molecular complexity index is 700. The Balaban J connectivity index is 1.48. The summed E-state index contributed by atoms with van der Waals surface area (Å²) in [5, 5.41) is 0. The van der Waals surface area contributed by atoms with Gasteiger partial charge in [0.1, 0.15) is 24.7 Å². The molecular weight excluding hydrogens is 384 g/mol. The first-order chi connectivity index (χ1) is 14.6. The van der Waals surface area contributed by atoms with Crippen LogP contribution in [0.1, 0.15) is 49.7 Å². The highest BCUT2D eigenvalue weighted by Crippen LogP contribution is 2.14. The number of hydrogen-bond acceptors (Lipinski definition) is 6. The number of benzene rings is 2. The summed E-state index contributed by atoms with van der Waals surface area (Å²) in [6.07, 6.45) is 4.04. The average molecular weight is 414 g/mol. The van der Waals surface area contributed by atoms with E-state index in [1.165, 1.54) is 0 Å². The number of esters is 2. The van der Waals surface area contributed by atoms with Crippen LogP contribution in [0.4, 0.5) is 0 Å². The minimum atomic E-state index is -0.204. The zero-order chi connectivity index (χ0) is 21.6. The molecule has 2 aromatic rings. The quantitative estimate of drug-likeness (QED) is 0.345. The third-order valence-electron chi connectivity index (χ3n) is 4.63. The molecule has 0 bridgehead atoms. The number of carbonyl (C=O) groups excluding carboxylic acids is 2. The zero-order valence-corrected chi connectivity index (χ0v) is 17.7. The Kier molecular flexibility index (Phi) is 10.3. The van der Waals surface area contributed by atoms with Gasteiger partial charge < -0.3 is 18.9 Å². The van der Waals surface area contributed by atoms with Gasteiger partial charge in [-0.05, 0) is 48.2 Å². The van der Waals surface area contributed by atoms with Crippen LogP contribution in [0.2, 0.25) is 0 Å². The zero-order valence-electron chi connectivity index (χ0n) is 17.7. The summed E-state index contributed by atoms with van der Waals surface area (Å²) in [6, 6.07) is 14.9. The van der Waals surface area contributed by atoms with Crippen LogP contribution >= 0.6 is 0 Å². The predicted molar refractivity (Wildman–Crippen MR) is 113 cm³/mol. The maximum Gasteiger partial charge on any atom is 0.306 e. The molecule has 0 fully saturated rings. The van der Waals surface area contributed by atoms with E-state index < -0.39 is 0 Å². The smallest absolute Gasteiger partial charge is 0.306 e. The maximum absolute atomic E-state index is 11.8. The summed E-state index contributed by atoms with van der Waals surface area (Å²) in [5.41, 5.74) is 1.86. The van der Waals surface area contributed by atoms with Crippen LogP contribution in [0.15, 0.2) is 48.5 Å². The molecule has 0 amide bonds. The molecule has 0 N–H and O–H groups in total. The highest BCUT2D eigenvalue weighted by atomic mass is 16.5. The fraction of sp³-hybridized carbons (Fsp3) is 0.417. The lowest BCUT2D eigenvalue weighted by Crippen LogP contribution is -2.05. The molecule has 0 saturated heterocycles. The normalized spacial score (nSPS) is 10.3. The first-order valence-corrected chi connectivity index (χ1v) is 10.2. The van der Waals surface area contributed by atoms with Crippen molar-refractivity contribution in [3.8, 4) is 11.5 Å². The summed E-state index contributed by atoms with van der Waals surface area (Å²) >= 11 is 0. The van der Waals surface area contributed by atoms with Crippen molar-refractivity contribution in [3.63, 3.8) is 0 Å². The Morgan fingerprint density at radius 1 is 0.600 bits per heavy atom. The van der Waals surface area contributed by atoms with Crippen molar-refractivity contribution in [3.05, 3.63) is 59.7 Å². The van der Waals surface area contributed by atoms with E-state index in [-0.39, 0.29) is 25.2 Å². The van der Waals surface area contributed by atoms with Crippen LogP contribution in [-0.2, 0) is 32.3 Å². The van der Waals surface area contributed by atoms with Gasteiger partial charge in [0.2, 0.25) is 0 Å². The largest absolute Gasteiger partial charge is 0.497 e. The Morgan fingerprint density at radius 3 is 1.30 bits per heavy atom. The molecule has 2 aromatic carbocycles. The maximum atomic E-state index is 11.8. The molecule has 0 atom stereocenters. The summed E-state index contributed by atoms with van der Waals surface area (Å²) in [5.74, 6) is 1.14. The van der Waals surface area contributed by atoms with Gasteiger partial charge in [-0.2, -0.15) is 0 Å². The molecule has 162 valence electrons. The van der Waals surface area contributed by atoms with Gasteiger partial charge in [-0.3, -0.25) is 9.59 Å². The summed E-state index contributed by atoms with van der Waals surface area (Å²) < 4.78 is 20.7. The Morgan fingerprint density at radius 2 is 0.967 bits per heavy atom. The molecule has 0 unspecified atom stereocenters. The van der Waals surface area contributed by atoms with Crippen LogP contribution in [0.5, 0.6) is 11.5 Å². The SMILES string of the molecule is COc1ccc(COC(=O)CCCCCCC(=O)OCc2ccc(OC)cc2)cc1. The van der Waals surface area contributed by atoms with Gasteiger partial charge in [0.25, 0.3) is 0 Å². The average Bonchev–Trinajstić information content (AvgIpc) is 2.79. The lowest BCUT2D eigenvalue weighted by Gasteiger charge is -2.07. The lowest BCUT2D eigenvalue weighted by molar-refractivity contribution is -0.146. The number of methoxy groups -OCH3 is 2. The standard InChI is InChI=1S/C24H30O6/c1-27-21-13-9-19(10-14-21)17-29-23(25)7-5-3-4-6-8-24(26)30-18-20-11-15-22(28-2)16-12-20/h9-16H,3-8,17-18H2,1-2H3. The van der Waals surface area contributed by atoms with Crippen LogP contribution in [0.25, 0.3) is 0 Å². The monoisotopic (exact) mass is 414 g/mol. The fourth-order valence-electron chi connectivity index (χ4n) is 2.81. The molecule has 0 aliphatic rings. The second kappa shape index (κ2) is 13.2. The number of unbranched alkanes of at least 4 members (excludes halogenated alkanes) is 3. The van der Waals surface area contributed by atoms with Gasteiger partial charge in [-0.15, -0.1) is 0 Å². The number of hydrogen-bond donors (Lipinski definition) is 0. The third kappa shape index (κ3) is 8.99. The van der Waals surface area contributed by atoms with E-state index in [0.717, 1.165) is 48.3 Å². The Hall–Kier alpha value is -3.02. The minimum absolute atomic E-state index is 0.204. The predicted octanol–water partition coefficient (Wildman–Crippen LogP) is 4.83. The molecule has 0 heterocycles. The van der Waals surface area contributed by atoms with Crippen LogP contribution in [-0.4, -0.2) is 26.2 Å². The molecule has 2 rings (SSSR count). The van der Waals surface area contributed by atoms with Crippen molar-refractivity contribution in [1.29, 1.82) is 0 Å². The first kappa shape index (κ1) is 23.3. The lowest BCUT2D eigenvalue weighted by atomic mass is 10.1. The molecular formula is C24H30O6. The molecule has 0 radical (unpaired) electrons. The van der Waals surface area contributed by atoms with Crippen LogP contribution in [0, 0.1) is 0 Å². The minimum Gasteiger partial charge on any atom is -0.497 e. The summed E-state index contributed by atoms with van der Waals surface area (Å²) in [4.78, 5) is 23.6. The van der Waals surface area contributed by atoms with E-state index in [1.54, 1.807) is 14.2 Å². The Labute approximate surface area is 178 Å². The highest BCUT2D eigenvalue weighted by molar-refractivity contribution is 5.69. The molecule has 0 aromatic heterocycles. The topological polar surface area (TPSA) is 71.1 Å². The van der Waals surface area contributed by atoms with Gasteiger partial charge in [0.05, 0.1) is 14.2 Å². The second-order valence-corrected chi connectivity index (χ2v) is 6.93. The number of carbonyl (C=O) groups is 2. The fourth-order valence-corrected chi connectivity index (χ4v) is 2.81. The van der Waals surface area contributed by atoms with Gasteiger partial charge >= 0.3 is 11.9 Å². The molecule has 6 heteroatoms. The number of rotatable bonds is 13. The van der Waals surface area contributed by atoms with E-state index in [4.69, 9.17) is 18.9 Å². The van der Waals surface area contributed by atoms with Crippen molar-refractivity contribution >= 4 is 11.9 Å². The third-order valence-corrected chi connectivity index (χ3v) is 4.63. The van der Waals surface area contributed by atoms with Gasteiger partial charge in [0.15, 0.2) is 0 Å². The van der Waals surface area contributed by atoms with Gasteiger partial charge in [0, 0.05) is 12.8 Å². The van der Waals surface area contributed by atoms with E-state index >= 15 is 0 Å². The molecule has 0 spiro atoms. The molecule has 6 nitrogen and oxygen atoms in total. The van der Waals surface area contributed by atoms with E-state index in [9.17, 15) is 9.59 Å². The molecule has 0 aliphatic carbocycles. The van der Waals surface area contributed by atoms with Crippen molar-refractivity contribution in [1.82, 2.24) is 0 Å². The molecule has 30 heavy (non-hydrogen) atoms. The van der Waals surface area contributed by atoms with E-state index in [0.29, 0.717) is 12.8 Å². The van der Waals surface area contributed by atoms with E-state index in [2.05, 4.69) is 0 Å². The number of ether oxygens (including phenoxy) is 4. The highest BCUT2D eigenvalue weighted by Gasteiger charge is 2.06. The van der Waals surface area contributed by atoms with Crippen molar-refractivity contribution in [2.75, 3.05) is 14.2 Å². The molecule has 0 saturated carbocycles. The van der Waals surface area contributed by atoms with E-state index in [1.807, 2.05) is 48.5 Å². The first-order valence-electron chi connectivity index (χ1n) is 10.2. The van der Waals surface area contributed by atoms with Crippen molar-refractivity contribution in [2.45, 2.75) is 51.7 Å². The van der Waals surface area contributed by atoms with Gasteiger partial charge in [-0.25, -0.2) is 0 Å².